The number of guanidine groups is 1. The summed E-state index contributed by atoms with van der Waals surface area (Å²) >= 11 is 0. The third-order valence-corrected chi connectivity index (χ3v) is 3.34. The quantitative estimate of drug-likeness (QED) is 0.459. The number of nitrogens with zero attached hydrogens (tertiary/aromatic N) is 2. The van der Waals surface area contributed by atoms with E-state index in [1.54, 1.807) is 0 Å². The minimum absolute atomic E-state index is 0. The van der Waals surface area contributed by atoms with Crippen molar-refractivity contribution < 1.29 is 0 Å². The van der Waals surface area contributed by atoms with Crippen LogP contribution in [-0.2, 0) is 0 Å². The van der Waals surface area contributed by atoms with E-state index in [4.69, 9.17) is 11.5 Å². The van der Waals surface area contributed by atoms with E-state index >= 15 is 0 Å². The molecule has 102 valence electrons. The topological polar surface area (TPSA) is 67.6 Å². The summed E-state index contributed by atoms with van der Waals surface area (Å²) in [6.45, 7) is 7.63. The Balaban J connectivity index is 0.00000256. The summed E-state index contributed by atoms with van der Waals surface area (Å²) in [5.41, 5.74) is 10.8. The fourth-order valence-electron chi connectivity index (χ4n) is 2.37. The maximum absolute atomic E-state index is 5.41. The normalized spacial score (nSPS) is 19.2. The van der Waals surface area contributed by atoms with Crippen LogP contribution in [0.1, 0.15) is 39.5 Å². The molecule has 0 aromatic heterocycles. The lowest BCUT2D eigenvalue weighted by atomic mass is 10.0. The van der Waals surface area contributed by atoms with Crippen LogP contribution in [0.25, 0.3) is 0 Å². The Morgan fingerprint density at radius 2 is 1.65 bits per heavy atom. The van der Waals surface area contributed by atoms with Gasteiger partial charge in [-0.25, -0.2) is 0 Å². The largest absolute Gasteiger partial charge is 0.370 e. The van der Waals surface area contributed by atoms with Crippen LogP contribution in [0.4, 0.5) is 0 Å². The molecule has 1 saturated heterocycles. The molecule has 0 spiro atoms. The molecule has 0 aromatic rings. The highest BCUT2D eigenvalue weighted by atomic mass is 127. The number of rotatable bonds is 4. The molecular formula is C12H27IN4. The van der Waals surface area contributed by atoms with Gasteiger partial charge in [-0.1, -0.05) is 26.7 Å². The van der Waals surface area contributed by atoms with Crippen molar-refractivity contribution >= 4 is 29.9 Å². The van der Waals surface area contributed by atoms with Crippen LogP contribution >= 0.6 is 24.0 Å². The van der Waals surface area contributed by atoms with Crippen molar-refractivity contribution in [2.75, 3.05) is 19.6 Å². The van der Waals surface area contributed by atoms with Crippen molar-refractivity contribution in [3.8, 4) is 0 Å². The minimum Gasteiger partial charge on any atom is -0.370 e. The SMILES string of the molecule is CC(C)C(CN=C(N)N)N1CCCCCC1.I. The van der Waals surface area contributed by atoms with Crippen LogP contribution in [0, 0.1) is 5.92 Å². The molecule has 0 bridgehead atoms. The van der Waals surface area contributed by atoms with Crippen LogP contribution in [0.5, 0.6) is 0 Å². The van der Waals surface area contributed by atoms with Gasteiger partial charge in [0.25, 0.3) is 0 Å². The smallest absolute Gasteiger partial charge is 0.185 e. The third kappa shape index (κ3) is 6.45. The Kier molecular flexibility index (Phi) is 8.94. The van der Waals surface area contributed by atoms with Gasteiger partial charge < -0.3 is 11.5 Å². The van der Waals surface area contributed by atoms with Crippen LogP contribution in [0.15, 0.2) is 4.99 Å². The van der Waals surface area contributed by atoms with Crippen molar-refractivity contribution in [3.63, 3.8) is 0 Å². The third-order valence-electron chi connectivity index (χ3n) is 3.34. The minimum atomic E-state index is 0. The second-order valence-corrected chi connectivity index (χ2v) is 5.03. The van der Waals surface area contributed by atoms with Gasteiger partial charge in [-0.2, -0.15) is 0 Å². The number of hydrogen-bond donors (Lipinski definition) is 2. The summed E-state index contributed by atoms with van der Waals surface area (Å²) in [6.07, 6.45) is 5.35. The summed E-state index contributed by atoms with van der Waals surface area (Å²) in [7, 11) is 0. The molecule has 0 saturated carbocycles. The van der Waals surface area contributed by atoms with Gasteiger partial charge in [0, 0.05) is 6.04 Å². The molecule has 1 fully saturated rings. The molecule has 1 aliphatic rings. The van der Waals surface area contributed by atoms with Gasteiger partial charge in [0.2, 0.25) is 0 Å². The first-order valence-electron chi connectivity index (χ1n) is 6.40. The van der Waals surface area contributed by atoms with E-state index in [1.807, 2.05) is 0 Å². The van der Waals surface area contributed by atoms with Gasteiger partial charge in [-0.15, -0.1) is 24.0 Å². The fourth-order valence-corrected chi connectivity index (χ4v) is 2.37. The van der Waals surface area contributed by atoms with Crippen molar-refractivity contribution in [2.45, 2.75) is 45.6 Å². The van der Waals surface area contributed by atoms with Crippen molar-refractivity contribution in [1.82, 2.24) is 4.90 Å². The van der Waals surface area contributed by atoms with Crippen LogP contribution < -0.4 is 11.5 Å². The Morgan fingerprint density at radius 1 is 1.12 bits per heavy atom. The molecule has 4 nitrogen and oxygen atoms in total. The highest BCUT2D eigenvalue weighted by Crippen LogP contribution is 2.17. The zero-order chi connectivity index (χ0) is 12.0. The average molecular weight is 354 g/mol. The first kappa shape index (κ1) is 17.0. The van der Waals surface area contributed by atoms with E-state index in [2.05, 4.69) is 23.7 Å². The van der Waals surface area contributed by atoms with Gasteiger partial charge in [-0.05, 0) is 31.8 Å². The van der Waals surface area contributed by atoms with E-state index in [0.717, 1.165) is 6.54 Å². The van der Waals surface area contributed by atoms with Gasteiger partial charge >= 0.3 is 0 Å². The lowest BCUT2D eigenvalue weighted by molar-refractivity contribution is 0.166. The Labute approximate surface area is 122 Å². The van der Waals surface area contributed by atoms with Gasteiger partial charge in [0.15, 0.2) is 5.96 Å². The predicted octanol–water partition coefficient (Wildman–Crippen LogP) is 1.78. The molecule has 0 radical (unpaired) electrons. The second-order valence-electron chi connectivity index (χ2n) is 5.03. The van der Waals surface area contributed by atoms with Crippen LogP contribution in [-0.4, -0.2) is 36.5 Å². The molecule has 1 heterocycles. The first-order chi connectivity index (χ1) is 7.61. The summed E-state index contributed by atoms with van der Waals surface area (Å²) in [5.74, 6) is 0.807. The van der Waals surface area contributed by atoms with Crippen molar-refractivity contribution in [1.29, 1.82) is 0 Å². The number of likely N-dealkylation sites (tertiary alicyclic amines) is 1. The van der Waals surface area contributed by atoms with E-state index in [-0.39, 0.29) is 29.9 Å². The monoisotopic (exact) mass is 354 g/mol. The van der Waals surface area contributed by atoms with Crippen LogP contribution in [0.2, 0.25) is 0 Å². The predicted molar refractivity (Wildman–Crippen MR) is 84.8 cm³/mol. The summed E-state index contributed by atoms with van der Waals surface area (Å²) in [4.78, 5) is 6.74. The number of nitrogens with two attached hydrogens (primary N) is 2. The van der Waals surface area contributed by atoms with Crippen LogP contribution in [0.3, 0.4) is 0 Å². The molecular weight excluding hydrogens is 327 g/mol. The average Bonchev–Trinajstić information content (AvgIpc) is 2.45. The lowest BCUT2D eigenvalue weighted by Crippen LogP contribution is -2.42. The highest BCUT2D eigenvalue weighted by molar-refractivity contribution is 14.0. The number of hydrogen-bond acceptors (Lipinski definition) is 2. The summed E-state index contributed by atoms with van der Waals surface area (Å²) in [5, 5.41) is 0. The van der Waals surface area contributed by atoms with E-state index in [0.29, 0.717) is 12.0 Å². The zero-order valence-corrected chi connectivity index (χ0v) is 13.4. The first-order valence-corrected chi connectivity index (χ1v) is 6.40. The van der Waals surface area contributed by atoms with Gasteiger partial charge in [0.1, 0.15) is 0 Å². The summed E-state index contributed by atoms with van der Waals surface area (Å²) in [6, 6.07) is 0.486. The molecule has 0 amide bonds. The maximum Gasteiger partial charge on any atom is 0.185 e. The fraction of sp³-hybridized carbons (Fsp3) is 0.917. The van der Waals surface area contributed by atoms with E-state index < -0.39 is 0 Å². The Morgan fingerprint density at radius 3 is 2.06 bits per heavy atom. The lowest BCUT2D eigenvalue weighted by Gasteiger charge is -2.32. The molecule has 4 N–H and O–H groups in total. The van der Waals surface area contributed by atoms with Crippen molar-refractivity contribution in [3.05, 3.63) is 0 Å². The highest BCUT2D eigenvalue weighted by Gasteiger charge is 2.22. The van der Waals surface area contributed by atoms with Crippen molar-refractivity contribution in [2.24, 2.45) is 22.4 Å². The van der Waals surface area contributed by atoms with E-state index in [1.165, 1.54) is 38.8 Å². The standard InChI is InChI=1S/C12H26N4.HI/c1-10(2)11(9-15-12(13)14)16-7-5-3-4-6-8-16;/h10-11H,3-9H2,1-2H3,(H4,13,14,15);1H. The number of aliphatic imine (C=N–C) groups is 1. The van der Waals surface area contributed by atoms with Gasteiger partial charge in [-0.3, -0.25) is 9.89 Å². The number of halogens is 1. The molecule has 1 rings (SSSR count). The zero-order valence-electron chi connectivity index (χ0n) is 11.1. The molecule has 5 heteroatoms. The molecule has 1 atom stereocenters. The Hall–Kier alpha value is -0.0400. The Bertz CT molecular complexity index is 219. The maximum atomic E-state index is 5.41. The molecule has 0 aromatic carbocycles. The van der Waals surface area contributed by atoms with E-state index in [9.17, 15) is 0 Å². The molecule has 1 aliphatic heterocycles. The molecule has 0 aliphatic carbocycles. The second kappa shape index (κ2) is 8.97. The summed E-state index contributed by atoms with van der Waals surface area (Å²) < 4.78 is 0. The molecule has 17 heavy (non-hydrogen) atoms. The van der Waals surface area contributed by atoms with Gasteiger partial charge in [0.05, 0.1) is 6.54 Å². The molecule has 1 unspecified atom stereocenters.